The van der Waals surface area contributed by atoms with Crippen molar-refractivity contribution in [1.82, 2.24) is 25.6 Å². The second-order valence-electron chi connectivity index (χ2n) is 9.55. The molecule has 1 aliphatic rings. The van der Waals surface area contributed by atoms with Crippen molar-refractivity contribution >= 4 is 41.2 Å². The summed E-state index contributed by atoms with van der Waals surface area (Å²) in [6.07, 6.45) is -2.94. The lowest BCUT2D eigenvalue weighted by Gasteiger charge is -2.21. The van der Waals surface area contributed by atoms with Crippen LogP contribution in [-0.2, 0) is 22.3 Å². The Bertz CT molecular complexity index is 1590. The number of carbonyl (C=O) groups excluding carboxylic acids is 1. The van der Waals surface area contributed by atoms with Crippen LogP contribution in [0.2, 0.25) is 0 Å². The van der Waals surface area contributed by atoms with Crippen LogP contribution >= 0.6 is 24.4 Å². The van der Waals surface area contributed by atoms with Gasteiger partial charge in [-0.25, -0.2) is 25.5 Å². The Morgan fingerprint density at radius 3 is 2.49 bits per heavy atom. The van der Waals surface area contributed by atoms with Gasteiger partial charge in [-0.05, 0) is 42.8 Å². The number of thiol groups is 1. The first-order valence-corrected chi connectivity index (χ1v) is 14.6. The van der Waals surface area contributed by atoms with Gasteiger partial charge >= 0.3 is 6.18 Å². The number of carbonyl (C=O) groups is 1. The van der Waals surface area contributed by atoms with E-state index in [-0.39, 0.29) is 17.7 Å². The third-order valence-electron chi connectivity index (χ3n) is 6.58. The number of benzene rings is 3. The average Bonchev–Trinajstić information content (AvgIpc) is 3.63. The molecule has 2 atom stereocenters. The average molecular weight is 628 g/mol. The maximum atomic E-state index is 12.9. The topological polar surface area (TPSA) is 96.7 Å². The van der Waals surface area contributed by atoms with Crippen molar-refractivity contribution in [2.24, 2.45) is 4.99 Å². The van der Waals surface area contributed by atoms with Gasteiger partial charge in [0, 0.05) is 24.3 Å². The van der Waals surface area contributed by atoms with Crippen LogP contribution in [0, 0.1) is 0 Å². The number of para-hydroxylation sites is 1. The van der Waals surface area contributed by atoms with E-state index in [1.807, 2.05) is 55.5 Å². The Hall–Kier alpha value is -3.69. The molecule has 5 rings (SSSR count). The molecule has 1 aromatic heterocycles. The number of amides is 1. The molecule has 0 saturated carbocycles. The predicted molar refractivity (Wildman–Crippen MR) is 164 cm³/mol. The lowest BCUT2D eigenvalue weighted by molar-refractivity contribution is -0.137. The molecular formula is C29H28F3N7O2S2. The first-order valence-electron chi connectivity index (χ1n) is 13.1. The molecule has 2 N–H and O–H groups in total. The summed E-state index contributed by atoms with van der Waals surface area (Å²) in [5, 5.41) is 4.95. The van der Waals surface area contributed by atoms with Crippen LogP contribution in [0.5, 0.6) is 0 Å². The number of ether oxygens (including phenoxy) is 1. The minimum Gasteiger partial charge on any atom is -0.380 e. The third kappa shape index (κ3) is 7.28. The molecule has 224 valence electrons. The van der Waals surface area contributed by atoms with Gasteiger partial charge < -0.3 is 4.74 Å². The number of amidine groups is 1. The molecule has 0 spiro atoms. The van der Waals surface area contributed by atoms with Crippen molar-refractivity contribution in [3.63, 3.8) is 0 Å². The fourth-order valence-electron chi connectivity index (χ4n) is 4.36. The monoisotopic (exact) mass is 627 g/mol. The van der Waals surface area contributed by atoms with Crippen LogP contribution in [0.3, 0.4) is 0 Å². The van der Waals surface area contributed by atoms with Crippen LogP contribution in [0.1, 0.15) is 29.7 Å². The van der Waals surface area contributed by atoms with E-state index in [9.17, 15) is 18.0 Å². The number of aliphatic imine (C=N–C) groups is 1. The predicted octanol–water partition coefficient (Wildman–Crippen LogP) is 5.60. The van der Waals surface area contributed by atoms with Crippen molar-refractivity contribution in [3.05, 3.63) is 95.8 Å². The van der Waals surface area contributed by atoms with E-state index in [4.69, 9.17) is 4.74 Å². The van der Waals surface area contributed by atoms with Gasteiger partial charge in [0.25, 0.3) is 0 Å². The molecule has 0 aliphatic carbocycles. The highest BCUT2D eigenvalue weighted by molar-refractivity contribution is 8.15. The number of hydrogen-bond acceptors (Lipinski definition) is 9. The summed E-state index contributed by atoms with van der Waals surface area (Å²) in [5.41, 5.74) is 8.71. The molecule has 43 heavy (non-hydrogen) atoms. The molecule has 1 aliphatic heterocycles. The Morgan fingerprint density at radius 2 is 1.79 bits per heavy atom. The number of alkyl halides is 3. The van der Waals surface area contributed by atoms with Gasteiger partial charge in [-0.2, -0.15) is 13.2 Å². The number of anilines is 1. The summed E-state index contributed by atoms with van der Waals surface area (Å²) < 4.78 is 45.3. The first-order chi connectivity index (χ1) is 20.6. The standard InChI is InChI=1S/C29H28F3N7O2S2/c1-18(35-36-27(42)34-28-39(25(40)16-43-28)24-6-4-3-5-21(24)15-41-2)19-7-9-20(10-8-19)26-33-17-38(37-26)23-13-11-22(12-14-23)29(30,31)32/h3-14,17-18,27,35-36,42H,15-16H2,1-2H3/b34-28-. The Morgan fingerprint density at radius 1 is 1.07 bits per heavy atom. The highest BCUT2D eigenvalue weighted by atomic mass is 32.2. The van der Waals surface area contributed by atoms with E-state index < -0.39 is 17.2 Å². The second-order valence-corrected chi connectivity index (χ2v) is 11.0. The summed E-state index contributed by atoms with van der Waals surface area (Å²) in [4.78, 5) is 23.2. The van der Waals surface area contributed by atoms with Gasteiger partial charge in [0.1, 0.15) is 6.33 Å². The largest absolute Gasteiger partial charge is 0.416 e. The van der Waals surface area contributed by atoms with Gasteiger partial charge in [-0.15, -0.1) is 17.7 Å². The minimum absolute atomic E-state index is 0.0621. The molecule has 14 heteroatoms. The van der Waals surface area contributed by atoms with E-state index in [2.05, 4.69) is 38.6 Å². The molecule has 1 saturated heterocycles. The number of nitrogens with one attached hydrogen (secondary N) is 2. The number of aromatic nitrogens is 3. The van der Waals surface area contributed by atoms with Crippen LogP contribution in [0.25, 0.3) is 17.1 Å². The number of methoxy groups -OCH3 is 1. The van der Waals surface area contributed by atoms with Gasteiger partial charge in [0.15, 0.2) is 16.5 Å². The zero-order valence-corrected chi connectivity index (χ0v) is 24.8. The van der Waals surface area contributed by atoms with Crippen LogP contribution in [0.4, 0.5) is 18.9 Å². The quantitative estimate of drug-likeness (QED) is 0.120. The number of rotatable bonds is 10. The number of hydrogen-bond donors (Lipinski definition) is 3. The summed E-state index contributed by atoms with van der Waals surface area (Å²) in [6, 6.07) is 19.7. The summed E-state index contributed by atoms with van der Waals surface area (Å²) >= 11 is 5.90. The van der Waals surface area contributed by atoms with E-state index in [0.717, 1.165) is 34.5 Å². The molecule has 2 unspecified atom stereocenters. The number of nitrogens with zero attached hydrogens (tertiary/aromatic N) is 5. The van der Waals surface area contributed by atoms with Gasteiger partial charge in [0.2, 0.25) is 5.91 Å². The molecule has 2 heterocycles. The Balaban J connectivity index is 1.20. The number of thioether (sulfide) groups is 1. The zero-order chi connectivity index (χ0) is 30.6. The zero-order valence-electron chi connectivity index (χ0n) is 23.1. The highest BCUT2D eigenvalue weighted by Crippen LogP contribution is 2.31. The fraction of sp³-hybridized carbons (Fsp3) is 0.241. The van der Waals surface area contributed by atoms with Crippen molar-refractivity contribution < 1.29 is 22.7 Å². The Kier molecular flexibility index (Phi) is 9.52. The first kappa shape index (κ1) is 30.8. The SMILES string of the molecule is COCc1ccccc1N1C(=O)CS/C1=N\C(S)NNC(C)c1ccc(-c2ncn(-c3ccc(C(F)(F)F)cc3)n2)cc1. The van der Waals surface area contributed by atoms with Gasteiger partial charge in [-0.1, -0.05) is 54.2 Å². The van der Waals surface area contributed by atoms with Crippen molar-refractivity contribution in [2.45, 2.75) is 31.2 Å². The maximum Gasteiger partial charge on any atom is 0.416 e. The number of hydrazine groups is 1. The number of halogens is 3. The molecule has 1 fully saturated rings. The Labute approximate surface area is 255 Å². The van der Waals surface area contributed by atoms with Crippen molar-refractivity contribution in [2.75, 3.05) is 17.8 Å². The molecular weight excluding hydrogens is 599 g/mol. The summed E-state index contributed by atoms with van der Waals surface area (Å²) in [5.74, 6) is 0.665. The minimum atomic E-state index is -4.40. The van der Waals surface area contributed by atoms with Gasteiger partial charge in [-0.3, -0.25) is 9.69 Å². The molecule has 0 radical (unpaired) electrons. The van der Waals surface area contributed by atoms with Crippen molar-refractivity contribution in [3.8, 4) is 17.1 Å². The molecule has 9 nitrogen and oxygen atoms in total. The highest BCUT2D eigenvalue weighted by Gasteiger charge is 2.32. The maximum absolute atomic E-state index is 12.9. The lowest BCUT2D eigenvalue weighted by atomic mass is 10.1. The van der Waals surface area contributed by atoms with Crippen LogP contribution in [-0.4, -0.2) is 44.2 Å². The third-order valence-corrected chi connectivity index (χ3v) is 7.76. The molecule has 4 aromatic rings. The molecule has 3 aromatic carbocycles. The molecule has 1 amide bonds. The molecule has 0 bridgehead atoms. The van der Waals surface area contributed by atoms with E-state index in [1.54, 1.807) is 12.0 Å². The normalized spacial score (nSPS) is 16.2. The fourth-order valence-corrected chi connectivity index (χ4v) is 5.52. The summed E-state index contributed by atoms with van der Waals surface area (Å²) in [6.45, 7) is 2.34. The summed E-state index contributed by atoms with van der Waals surface area (Å²) in [7, 11) is 1.61. The second kappa shape index (κ2) is 13.3. The smallest absolute Gasteiger partial charge is 0.380 e. The van der Waals surface area contributed by atoms with Crippen LogP contribution in [0.15, 0.2) is 84.1 Å². The van der Waals surface area contributed by atoms with Gasteiger partial charge in [0.05, 0.1) is 29.3 Å². The van der Waals surface area contributed by atoms with Crippen molar-refractivity contribution in [1.29, 1.82) is 0 Å². The van der Waals surface area contributed by atoms with E-state index in [1.165, 1.54) is 34.9 Å². The lowest BCUT2D eigenvalue weighted by Crippen LogP contribution is -2.40. The van der Waals surface area contributed by atoms with E-state index >= 15 is 0 Å². The van der Waals surface area contributed by atoms with E-state index in [0.29, 0.717) is 23.3 Å². The van der Waals surface area contributed by atoms with Crippen LogP contribution < -0.4 is 15.8 Å².